The van der Waals surface area contributed by atoms with Crippen LogP contribution in [0, 0.1) is 12.3 Å². The largest absolute Gasteiger partial charge is 0.496 e. The monoisotopic (exact) mass is 449 g/mol. The molecule has 3 heterocycles. The van der Waals surface area contributed by atoms with Crippen LogP contribution in [-0.2, 0) is 11.3 Å². The van der Waals surface area contributed by atoms with Crippen molar-refractivity contribution in [1.29, 1.82) is 0 Å². The van der Waals surface area contributed by atoms with Crippen molar-refractivity contribution < 1.29 is 19.4 Å². The number of nitrogens with zero attached hydrogens (tertiary/aromatic N) is 1. The van der Waals surface area contributed by atoms with Gasteiger partial charge in [-0.2, -0.15) is 0 Å². The number of fused-ring (bicyclic) bond motifs is 1. The Bertz CT molecular complexity index is 1200. The van der Waals surface area contributed by atoms with Gasteiger partial charge in [-0.25, -0.2) is 4.79 Å². The Hall–Kier alpha value is -3.03. The van der Waals surface area contributed by atoms with Gasteiger partial charge in [0.1, 0.15) is 5.75 Å². The van der Waals surface area contributed by atoms with Gasteiger partial charge < -0.3 is 24.9 Å². The molecule has 2 aliphatic rings. The summed E-state index contributed by atoms with van der Waals surface area (Å²) in [7, 11) is 3.50. The van der Waals surface area contributed by atoms with E-state index >= 15 is 0 Å². The first-order valence-electron chi connectivity index (χ1n) is 11.4. The van der Waals surface area contributed by atoms with Crippen molar-refractivity contribution >= 4 is 22.6 Å². The van der Waals surface area contributed by atoms with Gasteiger partial charge in [0.05, 0.1) is 25.9 Å². The Morgan fingerprint density at radius 1 is 1.33 bits per heavy atom. The highest BCUT2D eigenvalue weighted by atomic mass is 16.5. The molecule has 2 saturated heterocycles. The summed E-state index contributed by atoms with van der Waals surface area (Å²) < 4.78 is 11.4. The van der Waals surface area contributed by atoms with E-state index in [1.807, 2.05) is 18.3 Å². The molecule has 7 heteroatoms. The number of carbonyl (C=O) groups is 1. The Morgan fingerprint density at radius 2 is 2.15 bits per heavy atom. The third-order valence-corrected chi connectivity index (χ3v) is 7.43. The smallest absolute Gasteiger partial charge is 0.337 e. The molecule has 33 heavy (non-hydrogen) atoms. The van der Waals surface area contributed by atoms with Crippen LogP contribution >= 0.6 is 0 Å². The maximum Gasteiger partial charge on any atom is 0.337 e. The van der Waals surface area contributed by atoms with Crippen LogP contribution < -0.4 is 10.1 Å². The number of aromatic amines is 1. The number of carboxylic acids is 1. The Labute approximate surface area is 193 Å². The summed E-state index contributed by atoms with van der Waals surface area (Å²) in [6.07, 6.45) is 4.08. The summed E-state index contributed by atoms with van der Waals surface area (Å²) in [6, 6.07) is 10.1. The van der Waals surface area contributed by atoms with Crippen molar-refractivity contribution in [1.82, 2.24) is 9.88 Å². The predicted octanol–water partition coefficient (Wildman–Crippen LogP) is 4.58. The number of nitrogens with one attached hydrogen (secondary N) is 2. The fourth-order valence-corrected chi connectivity index (χ4v) is 5.50. The van der Waals surface area contributed by atoms with Gasteiger partial charge in [0, 0.05) is 53.4 Å². The number of ether oxygens (including phenoxy) is 2. The number of methoxy groups -OCH3 is 1. The number of benzene rings is 2. The lowest BCUT2D eigenvalue weighted by molar-refractivity contribution is -0.153. The summed E-state index contributed by atoms with van der Waals surface area (Å²) >= 11 is 0. The summed E-state index contributed by atoms with van der Waals surface area (Å²) in [5, 5.41) is 13.8. The summed E-state index contributed by atoms with van der Waals surface area (Å²) in [5.41, 5.74) is 5.77. The second-order valence-corrected chi connectivity index (χ2v) is 9.43. The van der Waals surface area contributed by atoms with Crippen LogP contribution in [0.5, 0.6) is 5.75 Å². The minimum Gasteiger partial charge on any atom is -0.496 e. The topological polar surface area (TPSA) is 86.8 Å². The number of aromatic carboxylic acids is 1. The highest BCUT2D eigenvalue weighted by Gasteiger charge is 2.45. The normalized spacial score (nSPS) is 20.0. The maximum atomic E-state index is 11.6. The second-order valence-electron chi connectivity index (χ2n) is 9.43. The minimum atomic E-state index is -0.922. The Kier molecular flexibility index (Phi) is 5.54. The maximum absolute atomic E-state index is 11.6. The number of hydrogen-bond donors (Lipinski definition) is 3. The summed E-state index contributed by atoms with van der Waals surface area (Å²) in [5.74, 6) is -0.0164. The first kappa shape index (κ1) is 21.8. The van der Waals surface area contributed by atoms with E-state index < -0.39 is 5.97 Å². The van der Waals surface area contributed by atoms with Crippen LogP contribution in [0.1, 0.15) is 45.9 Å². The summed E-state index contributed by atoms with van der Waals surface area (Å²) in [6.45, 7) is 5.42. The van der Waals surface area contributed by atoms with Gasteiger partial charge in [-0.05, 0) is 61.7 Å². The van der Waals surface area contributed by atoms with E-state index in [2.05, 4.69) is 34.3 Å². The van der Waals surface area contributed by atoms with Gasteiger partial charge in [-0.3, -0.25) is 4.90 Å². The zero-order valence-corrected chi connectivity index (χ0v) is 19.4. The molecule has 0 aliphatic carbocycles. The molecular formula is C26H31N3O4. The molecule has 174 valence electrons. The molecule has 0 saturated carbocycles. The molecule has 0 bridgehead atoms. The third kappa shape index (κ3) is 3.75. The second kappa shape index (κ2) is 8.39. The molecule has 0 amide bonds. The lowest BCUT2D eigenvalue weighted by Gasteiger charge is -2.51. The zero-order valence-electron chi connectivity index (χ0n) is 19.4. The molecule has 2 aromatic carbocycles. The van der Waals surface area contributed by atoms with Crippen molar-refractivity contribution in [2.45, 2.75) is 32.4 Å². The van der Waals surface area contributed by atoms with E-state index in [9.17, 15) is 9.90 Å². The van der Waals surface area contributed by atoms with Crippen LogP contribution in [0.2, 0.25) is 0 Å². The average Bonchev–Trinajstić information content (AvgIpc) is 3.30. The molecule has 7 nitrogen and oxygen atoms in total. The van der Waals surface area contributed by atoms with Crippen LogP contribution in [0.15, 0.2) is 36.5 Å². The number of carboxylic acid groups (broad SMARTS) is 1. The van der Waals surface area contributed by atoms with Crippen LogP contribution in [-0.4, -0.2) is 54.9 Å². The zero-order chi connectivity index (χ0) is 23.2. The Morgan fingerprint density at radius 3 is 2.82 bits per heavy atom. The van der Waals surface area contributed by atoms with Crippen molar-refractivity contribution in [3.63, 3.8) is 0 Å². The molecule has 0 radical (unpaired) electrons. The molecule has 2 aliphatic heterocycles. The third-order valence-electron chi connectivity index (χ3n) is 7.43. The molecule has 1 unspecified atom stereocenters. The van der Waals surface area contributed by atoms with Gasteiger partial charge >= 0.3 is 5.97 Å². The van der Waals surface area contributed by atoms with Gasteiger partial charge in [-0.15, -0.1) is 0 Å². The first-order chi connectivity index (χ1) is 15.9. The standard InChI is InChI=1S/C26H31N3O4/c1-16-10-23(32-3)20(18-6-8-28-24(16)18)13-29-9-7-26(14-33-15-26)12-22(29)17-4-5-19(25(30)31)21(11-17)27-2/h4-6,8,10-11,22,27-28H,7,9,12-15H2,1-3H3,(H,30,31). The number of H-pyrrole nitrogens is 1. The molecule has 1 aromatic heterocycles. The van der Waals surface area contributed by atoms with E-state index in [0.29, 0.717) is 11.3 Å². The van der Waals surface area contributed by atoms with Gasteiger partial charge in [-0.1, -0.05) is 6.07 Å². The molecule has 1 atom stereocenters. The van der Waals surface area contributed by atoms with Crippen molar-refractivity contribution in [2.24, 2.45) is 5.41 Å². The number of likely N-dealkylation sites (tertiary alicyclic amines) is 1. The fraction of sp³-hybridized carbons (Fsp3) is 0.423. The summed E-state index contributed by atoms with van der Waals surface area (Å²) in [4.78, 5) is 17.5. The van der Waals surface area contributed by atoms with Crippen LogP contribution in [0.4, 0.5) is 5.69 Å². The van der Waals surface area contributed by atoms with Gasteiger partial charge in [0.15, 0.2) is 0 Å². The quantitative estimate of drug-likeness (QED) is 0.511. The van der Waals surface area contributed by atoms with Gasteiger partial charge in [0.25, 0.3) is 0 Å². The van der Waals surface area contributed by atoms with Crippen molar-refractivity contribution in [3.8, 4) is 5.75 Å². The van der Waals surface area contributed by atoms with E-state index in [4.69, 9.17) is 9.47 Å². The van der Waals surface area contributed by atoms with Crippen LogP contribution in [0.3, 0.4) is 0 Å². The number of aromatic nitrogens is 1. The lowest BCUT2D eigenvalue weighted by Crippen LogP contribution is -2.51. The number of aryl methyl sites for hydroxylation is 1. The fourth-order valence-electron chi connectivity index (χ4n) is 5.50. The molecule has 1 spiro atoms. The molecule has 3 aromatic rings. The minimum absolute atomic E-state index is 0.164. The predicted molar refractivity (Wildman–Crippen MR) is 128 cm³/mol. The highest BCUT2D eigenvalue weighted by molar-refractivity contribution is 5.94. The van der Waals surface area contributed by atoms with Crippen molar-refractivity contribution in [3.05, 3.63) is 58.8 Å². The van der Waals surface area contributed by atoms with Gasteiger partial charge in [0.2, 0.25) is 0 Å². The van der Waals surface area contributed by atoms with Crippen LogP contribution in [0.25, 0.3) is 10.9 Å². The average molecular weight is 450 g/mol. The number of hydrogen-bond acceptors (Lipinski definition) is 5. The number of anilines is 1. The van der Waals surface area contributed by atoms with Crippen molar-refractivity contribution in [2.75, 3.05) is 39.2 Å². The SMILES string of the molecule is CNc1cc(C2CC3(CCN2Cc2c(OC)cc(C)c4[nH]ccc24)COC3)ccc1C(=O)O. The molecule has 2 fully saturated rings. The van der Waals surface area contributed by atoms with E-state index in [1.54, 1.807) is 20.2 Å². The Balaban J connectivity index is 1.54. The highest BCUT2D eigenvalue weighted by Crippen LogP contribution is 2.48. The first-order valence-corrected chi connectivity index (χ1v) is 11.4. The lowest BCUT2D eigenvalue weighted by atomic mass is 9.72. The van der Waals surface area contributed by atoms with E-state index in [0.717, 1.165) is 56.0 Å². The molecular weight excluding hydrogens is 418 g/mol. The van der Waals surface area contributed by atoms with E-state index in [-0.39, 0.29) is 11.5 Å². The van der Waals surface area contributed by atoms with E-state index in [1.165, 1.54) is 16.5 Å². The number of piperidine rings is 1. The number of rotatable bonds is 6. The molecule has 3 N–H and O–H groups in total. The molecule has 5 rings (SSSR count).